The maximum atomic E-state index is 11.9. The quantitative estimate of drug-likeness (QED) is 0.465. The van der Waals surface area contributed by atoms with E-state index in [9.17, 15) is 4.79 Å². The van der Waals surface area contributed by atoms with Gasteiger partial charge in [0.15, 0.2) is 5.11 Å². The second-order valence-electron chi connectivity index (χ2n) is 4.50. The summed E-state index contributed by atoms with van der Waals surface area (Å²) in [5.41, 5.74) is 3.53. The van der Waals surface area contributed by atoms with Gasteiger partial charge >= 0.3 is 0 Å². The van der Waals surface area contributed by atoms with E-state index >= 15 is 0 Å². The lowest BCUT2D eigenvalue weighted by molar-refractivity contribution is -0.115. The predicted octanol–water partition coefficient (Wildman–Crippen LogP) is 3.27. The molecule has 2 N–H and O–H groups in total. The molecular formula is C14H13Cl2N5OS2. The van der Waals surface area contributed by atoms with Crippen LogP contribution in [0.15, 0.2) is 29.4 Å². The Morgan fingerprint density at radius 3 is 2.79 bits per heavy atom. The maximum absolute atomic E-state index is 11.9. The second-order valence-corrected chi connectivity index (χ2v) is 6.52. The normalized spacial score (nSPS) is 10.8. The molecule has 0 unspecified atom stereocenters. The van der Waals surface area contributed by atoms with E-state index in [1.54, 1.807) is 35.9 Å². The van der Waals surface area contributed by atoms with Crippen LogP contribution in [0.3, 0.4) is 0 Å². The maximum Gasteiger partial charge on any atom is 0.250 e. The molecule has 1 aromatic heterocycles. The van der Waals surface area contributed by atoms with E-state index in [1.165, 1.54) is 17.8 Å². The molecule has 126 valence electrons. The van der Waals surface area contributed by atoms with Crippen LogP contribution in [0.25, 0.3) is 6.08 Å². The number of nitrogens with one attached hydrogen (secondary N) is 2. The van der Waals surface area contributed by atoms with Crippen LogP contribution in [-0.2, 0) is 4.79 Å². The van der Waals surface area contributed by atoms with E-state index in [2.05, 4.69) is 20.9 Å². The Hall–Kier alpha value is -1.61. The van der Waals surface area contributed by atoms with Gasteiger partial charge in [-0.2, -0.15) is 0 Å². The third-order valence-electron chi connectivity index (χ3n) is 2.80. The number of hydrogen-bond donors (Lipinski definition) is 2. The van der Waals surface area contributed by atoms with Gasteiger partial charge in [-0.15, -0.1) is 10.2 Å². The van der Waals surface area contributed by atoms with E-state index < -0.39 is 5.91 Å². The van der Waals surface area contributed by atoms with Crippen molar-refractivity contribution in [2.45, 2.75) is 12.1 Å². The SMILES string of the molecule is CSc1nnc(C)n1NC(=S)NC(=O)/C=C/c1ccc(Cl)cc1Cl. The summed E-state index contributed by atoms with van der Waals surface area (Å²) in [6, 6.07) is 5.01. The third kappa shape index (κ3) is 4.94. The highest BCUT2D eigenvalue weighted by atomic mass is 35.5. The molecule has 1 aromatic carbocycles. The van der Waals surface area contributed by atoms with Crippen LogP contribution in [0, 0.1) is 6.92 Å². The first kappa shape index (κ1) is 18.7. The van der Waals surface area contributed by atoms with Gasteiger partial charge in [-0.1, -0.05) is 41.0 Å². The summed E-state index contributed by atoms with van der Waals surface area (Å²) >= 11 is 18.4. The Balaban J connectivity index is 1.97. The smallest absolute Gasteiger partial charge is 0.250 e. The topological polar surface area (TPSA) is 71.8 Å². The van der Waals surface area contributed by atoms with Gasteiger partial charge in [-0.3, -0.25) is 15.5 Å². The number of rotatable bonds is 4. The molecular weight excluding hydrogens is 389 g/mol. The van der Waals surface area contributed by atoms with Gasteiger partial charge < -0.3 is 0 Å². The summed E-state index contributed by atoms with van der Waals surface area (Å²) in [6.07, 6.45) is 4.77. The molecule has 0 radical (unpaired) electrons. The summed E-state index contributed by atoms with van der Waals surface area (Å²) in [6.45, 7) is 1.77. The summed E-state index contributed by atoms with van der Waals surface area (Å²) < 4.78 is 1.59. The van der Waals surface area contributed by atoms with Crippen LogP contribution in [0.5, 0.6) is 0 Å². The van der Waals surface area contributed by atoms with Crippen LogP contribution in [0.2, 0.25) is 10.0 Å². The molecule has 0 bridgehead atoms. The summed E-state index contributed by atoms with van der Waals surface area (Å²) in [7, 11) is 0. The molecule has 2 aromatic rings. The third-order valence-corrected chi connectivity index (χ3v) is 4.19. The molecule has 0 aliphatic carbocycles. The van der Waals surface area contributed by atoms with Gasteiger partial charge in [0.1, 0.15) is 5.82 Å². The zero-order chi connectivity index (χ0) is 17.7. The fourth-order valence-corrected chi connectivity index (χ4v) is 2.84. The molecule has 6 nitrogen and oxygen atoms in total. The van der Waals surface area contributed by atoms with Crippen LogP contribution in [-0.4, -0.2) is 32.1 Å². The van der Waals surface area contributed by atoms with Crippen molar-refractivity contribution in [1.29, 1.82) is 0 Å². The monoisotopic (exact) mass is 401 g/mol. The molecule has 24 heavy (non-hydrogen) atoms. The van der Waals surface area contributed by atoms with E-state index in [4.69, 9.17) is 35.4 Å². The standard InChI is InChI=1S/C14H13Cl2N5OS2/c1-8-18-19-14(24-2)21(8)20-13(23)17-12(22)6-4-9-3-5-10(15)7-11(9)16/h3-7H,1-2H3,(H2,17,20,22,23)/b6-4+. The molecule has 1 heterocycles. The molecule has 0 saturated carbocycles. The number of thiocarbonyl (C=S) groups is 1. The lowest BCUT2D eigenvalue weighted by Crippen LogP contribution is -2.37. The van der Waals surface area contributed by atoms with E-state index in [-0.39, 0.29) is 5.11 Å². The molecule has 2 rings (SSSR count). The van der Waals surface area contributed by atoms with Gasteiger partial charge in [-0.05, 0) is 49.2 Å². The van der Waals surface area contributed by atoms with Gasteiger partial charge in [0.2, 0.25) is 11.1 Å². The second kappa shape index (κ2) is 8.48. The van der Waals surface area contributed by atoms with Gasteiger partial charge in [0, 0.05) is 16.1 Å². The number of aryl methyl sites for hydroxylation is 1. The van der Waals surface area contributed by atoms with Crippen molar-refractivity contribution >= 4 is 64.3 Å². The zero-order valence-electron chi connectivity index (χ0n) is 12.7. The molecule has 0 aliphatic rings. The van der Waals surface area contributed by atoms with E-state index in [0.717, 1.165) is 0 Å². The molecule has 0 atom stereocenters. The van der Waals surface area contributed by atoms with Gasteiger partial charge in [0.25, 0.3) is 0 Å². The van der Waals surface area contributed by atoms with Crippen LogP contribution >= 0.6 is 47.2 Å². The van der Waals surface area contributed by atoms with Crippen molar-refractivity contribution in [2.75, 3.05) is 11.7 Å². The largest absolute Gasteiger partial charge is 0.298 e. The van der Waals surface area contributed by atoms with Crippen molar-refractivity contribution in [1.82, 2.24) is 20.2 Å². The minimum atomic E-state index is -0.394. The van der Waals surface area contributed by atoms with Crippen LogP contribution in [0.1, 0.15) is 11.4 Å². The first-order valence-electron chi connectivity index (χ1n) is 6.62. The summed E-state index contributed by atoms with van der Waals surface area (Å²) in [4.78, 5) is 11.9. The zero-order valence-corrected chi connectivity index (χ0v) is 15.9. The first-order chi connectivity index (χ1) is 11.4. The van der Waals surface area contributed by atoms with E-state index in [1.807, 2.05) is 6.26 Å². The highest BCUT2D eigenvalue weighted by Crippen LogP contribution is 2.21. The minimum Gasteiger partial charge on any atom is -0.298 e. The van der Waals surface area contributed by atoms with Crippen LogP contribution < -0.4 is 10.7 Å². The number of benzene rings is 1. The van der Waals surface area contributed by atoms with Crippen LogP contribution in [0.4, 0.5) is 0 Å². The van der Waals surface area contributed by atoms with Crippen molar-refractivity contribution in [3.63, 3.8) is 0 Å². The lowest BCUT2D eigenvalue weighted by Gasteiger charge is -2.11. The number of carbonyl (C=O) groups excluding carboxylic acids is 1. The Labute approximate surface area is 158 Å². The predicted molar refractivity (Wildman–Crippen MR) is 102 cm³/mol. The Morgan fingerprint density at radius 2 is 2.12 bits per heavy atom. The molecule has 1 amide bonds. The number of hydrogen-bond acceptors (Lipinski definition) is 5. The average Bonchev–Trinajstić information content (AvgIpc) is 2.86. The summed E-state index contributed by atoms with van der Waals surface area (Å²) in [5.74, 6) is 0.231. The lowest BCUT2D eigenvalue weighted by atomic mass is 10.2. The van der Waals surface area contributed by atoms with Crippen molar-refractivity contribution in [3.05, 3.63) is 45.7 Å². The van der Waals surface area contributed by atoms with Crippen molar-refractivity contribution < 1.29 is 4.79 Å². The fourth-order valence-electron chi connectivity index (χ4n) is 1.69. The number of amides is 1. The molecule has 0 saturated heterocycles. The highest BCUT2D eigenvalue weighted by Gasteiger charge is 2.09. The first-order valence-corrected chi connectivity index (χ1v) is 9.00. The Kier molecular flexibility index (Phi) is 6.61. The molecule has 0 aliphatic heterocycles. The van der Waals surface area contributed by atoms with Gasteiger partial charge in [-0.25, -0.2) is 4.68 Å². The van der Waals surface area contributed by atoms with Gasteiger partial charge in [0.05, 0.1) is 0 Å². The number of nitrogens with zero attached hydrogens (tertiary/aromatic N) is 3. The fraction of sp³-hybridized carbons (Fsp3) is 0.143. The average molecular weight is 402 g/mol. The Bertz CT molecular complexity index is 806. The number of halogens is 2. The molecule has 0 spiro atoms. The highest BCUT2D eigenvalue weighted by molar-refractivity contribution is 7.98. The van der Waals surface area contributed by atoms with Crippen molar-refractivity contribution in [3.8, 4) is 0 Å². The van der Waals surface area contributed by atoms with Crippen molar-refractivity contribution in [2.24, 2.45) is 0 Å². The number of carbonyl (C=O) groups is 1. The molecule has 10 heteroatoms. The summed E-state index contributed by atoms with van der Waals surface area (Å²) in [5, 5.41) is 12.2. The Morgan fingerprint density at radius 1 is 1.38 bits per heavy atom. The van der Waals surface area contributed by atoms with E-state index in [0.29, 0.717) is 26.6 Å². The minimum absolute atomic E-state index is 0.130. The number of thioether (sulfide) groups is 1. The number of aromatic nitrogens is 3. The molecule has 0 fully saturated rings.